The van der Waals surface area contributed by atoms with E-state index < -0.39 is 6.03 Å². The van der Waals surface area contributed by atoms with Crippen molar-refractivity contribution in [3.05, 3.63) is 101 Å². The summed E-state index contributed by atoms with van der Waals surface area (Å²) in [7, 11) is 0. The van der Waals surface area contributed by atoms with Gasteiger partial charge < -0.3 is 16.0 Å². The molecule has 3 aromatic carbocycles. The number of nitrogens with one attached hydrogen (secondary N) is 3. The number of nitrogens with zero attached hydrogens (tertiary/aromatic N) is 2. The van der Waals surface area contributed by atoms with Crippen molar-refractivity contribution in [2.24, 2.45) is 0 Å². The number of para-hydroxylation sites is 1. The number of hydrogen-bond acceptors (Lipinski definition) is 3. The third-order valence-corrected chi connectivity index (χ3v) is 4.94. The summed E-state index contributed by atoms with van der Waals surface area (Å²) in [6, 6.07) is 21.2. The molecular weight excluding hydrogens is 426 g/mol. The first-order chi connectivity index (χ1) is 15.5. The molecule has 4 aromatic rings. The van der Waals surface area contributed by atoms with E-state index in [9.17, 15) is 9.59 Å². The molecule has 0 atom stereocenters. The van der Waals surface area contributed by atoms with E-state index in [1.165, 1.54) is 6.20 Å². The Morgan fingerprint density at radius 1 is 0.875 bits per heavy atom. The topological polar surface area (TPSA) is 88.0 Å². The fourth-order valence-electron chi connectivity index (χ4n) is 3.09. The zero-order chi connectivity index (χ0) is 22.5. The van der Waals surface area contributed by atoms with E-state index in [2.05, 4.69) is 21.0 Å². The molecule has 0 radical (unpaired) electrons. The Morgan fingerprint density at radius 3 is 2.50 bits per heavy atom. The van der Waals surface area contributed by atoms with Crippen molar-refractivity contribution in [1.82, 2.24) is 9.78 Å². The molecule has 32 heavy (non-hydrogen) atoms. The molecule has 160 valence electrons. The van der Waals surface area contributed by atoms with Crippen LogP contribution in [0.4, 0.5) is 21.9 Å². The third kappa shape index (κ3) is 5.14. The number of hydrogen-bond donors (Lipinski definition) is 3. The van der Waals surface area contributed by atoms with Crippen LogP contribution in [0.25, 0.3) is 5.69 Å². The summed E-state index contributed by atoms with van der Waals surface area (Å²) in [6.07, 6.45) is 3.18. The van der Waals surface area contributed by atoms with Gasteiger partial charge in [-0.1, -0.05) is 41.9 Å². The Hall–Kier alpha value is -4.10. The Bertz CT molecular complexity index is 1280. The van der Waals surface area contributed by atoms with Gasteiger partial charge in [-0.05, 0) is 55.0 Å². The number of aryl methyl sites for hydroxylation is 1. The van der Waals surface area contributed by atoms with E-state index in [0.29, 0.717) is 27.6 Å². The smallest absolute Gasteiger partial charge is 0.322 e. The number of carbonyl (C=O) groups is 2. The zero-order valence-corrected chi connectivity index (χ0v) is 17.9. The molecule has 0 saturated carbocycles. The molecule has 8 heteroatoms. The fourth-order valence-corrected chi connectivity index (χ4v) is 3.27. The molecule has 4 rings (SSSR count). The first kappa shape index (κ1) is 21.1. The largest absolute Gasteiger partial charge is 0.323 e. The van der Waals surface area contributed by atoms with Crippen LogP contribution in [-0.2, 0) is 0 Å². The van der Waals surface area contributed by atoms with Crippen molar-refractivity contribution in [3.8, 4) is 5.69 Å². The predicted molar refractivity (Wildman–Crippen MR) is 127 cm³/mol. The number of anilines is 3. The highest BCUT2D eigenvalue weighted by Crippen LogP contribution is 2.21. The van der Waals surface area contributed by atoms with Gasteiger partial charge >= 0.3 is 6.03 Å². The predicted octanol–water partition coefficient (Wildman–Crippen LogP) is 5.73. The van der Waals surface area contributed by atoms with Gasteiger partial charge in [0, 0.05) is 11.3 Å². The second-order valence-electron chi connectivity index (χ2n) is 7.11. The Kier molecular flexibility index (Phi) is 6.19. The second-order valence-corrected chi connectivity index (χ2v) is 7.51. The van der Waals surface area contributed by atoms with Gasteiger partial charge in [0.2, 0.25) is 0 Å². The Morgan fingerprint density at radius 2 is 1.69 bits per heavy atom. The van der Waals surface area contributed by atoms with Crippen molar-refractivity contribution in [2.75, 3.05) is 16.0 Å². The van der Waals surface area contributed by atoms with Crippen molar-refractivity contribution < 1.29 is 9.59 Å². The average molecular weight is 446 g/mol. The highest BCUT2D eigenvalue weighted by atomic mass is 35.5. The van der Waals surface area contributed by atoms with E-state index in [1.807, 2.05) is 37.3 Å². The number of aromatic nitrogens is 2. The van der Waals surface area contributed by atoms with E-state index in [1.54, 1.807) is 53.3 Å². The first-order valence-corrected chi connectivity index (χ1v) is 10.2. The highest BCUT2D eigenvalue weighted by Gasteiger charge is 2.10. The van der Waals surface area contributed by atoms with Gasteiger partial charge in [0.25, 0.3) is 5.91 Å². The third-order valence-electron chi connectivity index (χ3n) is 4.61. The molecule has 0 saturated heterocycles. The van der Waals surface area contributed by atoms with Crippen LogP contribution in [0.1, 0.15) is 15.9 Å². The van der Waals surface area contributed by atoms with Crippen molar-refractivity contribution >= 4 is 40.6 Å². The van der Waals surface area contributed by atoms with Gasteiger partial charge in [0.05, 0.1) is 34.5 Å². The number of halogens is 1. The van der Waals surface area contributed by atoms with E-state index in [0.717, 1.165) is 11.3 Å². The number of rotatable bonds is 5. The minimum Gasteiger partial charge on any atom is -0.322 e. The summed E-state index contributed by atoms with van der Waals surface area (Å²) < 4.78 is 1.58. The quantitative estimate of drug-likeness (QED) is 0.366. The molecular formula is C24H20ClN5O2. The molecule has 1 heterocycles. The second kappa shape index (κ2) is 9.36. The molecule has 3 N–H and O–H groups in total. The monoisotopic (exact) mass is 445 g/mol. The number of urea groups is 1. The van der Waals surface area contributed by atoms with Crippen molar-refractivity contribution in [2.45, 2.75) is 6.92 Å². The summed E-state index contributed by atoms with van der Waals surface area (Å²) in [4.78, 5) is 24.9. The van der Waals surface area contributed by atoms with Crippen LogP contribution in [0.15, 0.2) is 85.2 Å². The lowest BCUT2D eigenvalue weighted by Crippen LogP contribution is -2.19. The maximum Gasteiger partial charge on any atom is 0.323 e. The maximum absolute atomic E-state index is 12.6. The summed E-state index contributed by atoms with van der Waals surface area (Å²) in [5, 5.41) is 13.0. The zero-order valence-electron chi connectivity index (χ0n) is 17.2. The number of carbonyl (C=O) groups excluding carboxylic acids is 2. The Balaban J connectivity index is 1.44. The van der Waals surface area contributed by atoms with Crippen LogP contribution in [-0.4, -0.2) is 21.7 Å². The molecule has 0 aliphatic rings. The summed E-state index contributed by atoms with van der Waals surface area (Å²) >= 11 is 6.06. The molecule has 0 spiro atoms. The van der Waals surface area contributed by atoms with Crippen molar-refractivity contribution in [1.29, 1.82) is 0 Å². The lowest BCUT2D eigenvalue weighted by Gasteiger charge is -2.08. The molecule has 3 amide bonds. The number of amides is 3. The fraction of sp³-hybridized carbons (Fsp3) is 0.0417. The van der Waals surface area contributed by atoms with Crippen LogP contribution in [0.2, 0.25) is 5.02 Å². The molecule has 0 aliphatic carbocycles. The van der Waals surface area contributed by atoms with Gasteiger partial charge in [-0.25, -0.2) is 9.48 Å². The molecule has 7 nitrogen and oxygen atoms in total. The molecule has 0 fully saturated rings. The molecule has 0 bridgehead atoms. The normalized spacial score (nSPS) is 10.4. The lowest BCUT2D eigenvalue weighted by atomic mass is 10.1. The van der Waals surface area contributed by atoms with Crippen molar-refractivity contribution in [3.63, 3.8) is 0 Å². The van der Waals surface area contributed by atoms with Gasteiger partial charge in [-0.3, -0.25) is 4.79 Å². The van der Waals surface area contributed by atoms with Crippen LogP contribution >= 0.6 is 11.6 Å². The van der Waals surface area contributed by atoms with E-state index >= 15 is 0 Å². The van der Waals surface area contributed by atoms with Crippen LogP contribution in [0, 0.1) is 6.92 Å². The van der Waals surface area contributed by atoms with Crippen LogP contribution < -0.4 is 16.0 Å². The SMILES string of the molecule is Cc1cccc(NC(=O)c2cccc(-n3cc(NC(=O)Nc4ccccc4Cl)cn3)c2)c1. The Labute approximate surface area is 190 Å². The standard InChI is InChI=1S/C24H20ClN5O2/c1-16-6-4-8-18(12-16)27-23(31)17-7-5-9-20(13-17)30-15-19(14-26-30)28-24(32)29-22-11-3-2-10-21(22)25/h2-15H,1H3,(H,27,31)(H2,28,29,32). The molecule has 0 unspecified atom stereocenters. The minimum atomic E-state index is -0.441. The van der Waals surface area contributed by atoms with Gasteiger partial charge in [-0.15, -0.1) is 0 Å². The van der Waals surface area contributed by atoms with Gasteiger partial charge in [0.1, 0.15) is 0 Å². The number of benzene rings is 3. The highest BCUT2D eigenvalue weighted by molar-refractivity contribution is 6.33. The van der Waals surface area contributed by atoms with E-state index in [4.69, 9.17) is 11.6 Å². The van der Waals surface area contributed by atoms with Gasteiger partial charge in [-0.2, -0.15) is 5.10 Å². The van der Waals surface area contributed by atoms with Crippen LogP contribution in [0.3, 0.4) is 0 Å². The maximum atomic E-state index is 12.6. The summed E-state index contributed by atoms with van der Waals surface area (Å²) in [5.74, 6) is -0.220. The summed E-state index contributed by atoms with van der Waals surface area (Å²) in [6.45, 7) is 1.97. The lowest BCUT2D eigenvalue weighted by molar-refractivity contribution is 0.102. The first-order valence-electron chi connectivity index (χ1n) is 9.83. The minimum absolute atomic E-state index is 0.220. The summed E-state index contributed by atoms with van der Waals surface area (Å²) in [5.41, 5.74) is 3.96. The molecule has 1 aromatic heterocycles. The van der Waals surface area contributed by atoms with E-state index in [-0.39, 0.29) is 5.91 Å². The van der Waals surface area contributed by atoms with Crippen LogP contribution in [0.5, 0.6) is 0 Å². The average Bonchev–Trinajstić information content (AvgIpc) is 3.24. The van der Waals surface area contributed by atoms with Gasteiger partial charge in [0.15, 0.2) is 0 Å². The molecule has 0 aliphatic heterocycles.